The van der Waals surface area contributed by atoms with Crippen molar-refractivity contribution in [2.45, 2.75) is 82.6 Å². The van der Waals surface area contributed by atoms with Crippen LogP contribution in [0.2, 0.25) is 0 Å². The molecule has 0 unspecified atom stereocenters. The fraction of sp³-hybridized carbons (Fsp3) is 0.474. The van der Waals surface area contributed by atoms with Crippen LogP contribution in [0.3, 0.4) is 0 Å². The molecule has 0 heterocycles. The van der Waals surface area contributed by atoms with E-state index in [1.807, 2.05) is 20.1 Å². The molecule has 2 rings (SSSR count). The van der Waals surface area contributed by atoms with E-state index in [1.54, 1.807) is 60.7 Å². The van der Waals surface area contributed by atoms with Crippen LogP contribution in [0.15, 0.2) is 60.7 Å². The molecular formula is C38H55N9O8S. The summed E-state index contributed by atoms with van der Waals surface area (Å²) < 4.78 is 0. The van der Waals surface area contributed by atoms with Gasteiger partial charge in [0.05, 0.1) is 13.1 Å². The predicted octanol–water partition coefficient (Wildman–Crippen LogP) is -1.48. The largest absolute Gasteiger partial charge is 0.370 e. The second-order valence-corrected chi connectivity index (χ2v) is 14.5. The molecule has 56 heavy (non-hydrogen) atoms. The van der Waals surface area contributed by atoms with Gasteiger partial charge in [-0.1, -0.05) is 74.5 Å². The zero-order valence-corrected chi connectivity index (χ0v) is 32.8. The van der Waals surface area contributed by atoms with Gasteiger partial charge in [-0.3, -0.25) is 38.4 Å². The highest BCUT2D eigenvalue weighted by molar-refractivity contribution is 7.98. The zero-order valence-electron chi connectivity index (χ0n) is 32.0. The molecular weight excluding hydrogens is 743 g/mol. The van der Waals surface area contributed by atoms with Crippen LogP contribution in [-0.4, -0.2) is 103 Å². The summed E-state index contributed by atoms with van der Waals surface area (Å²) in [6.07, 6.45) is 2.00. The number of nitrogens with two attached hydrogens (primary N) is 3. The number of carbonyl (C=O) groups excluding carboxylic acids is 8. The van der Waals surface area contributed by atoms with E-state index < -0.39 is 90.6 Å². The standard InChI is InChI=1S/C38H55N9O8S/c1-23(2)18-28(37(54)45-26(34(41)51)16-17-56-3)44-33(50)22-42-35(52)29(19-24-10-6-4-7-11-24)46-38(55)30(20-25-12-8-5-9-13-25)47-36(53)27(14-15-31(40)48)43-32(49)21-39/h4-13,23,26-30H,14-22,39H2,1-3H3,(H2,40,48)(H2,41,51)(H,42,52)(H,43,49)(H,44,50)(H,45,54)(H,46,55)(H,47,53)/t26-,27-,28-,29-,30-/m0/s1. The van der Waals surface area contributed by atoms with Crippen LogP contribution in [0.25, 0.3) is 0 Å². The van der Waals surface area contributed by atoms with Crippen molar-refractivity contribution in [3.05, 3.63) is 71.8 Å². The molecule has 0 spiro atoms. The maximum Gasteiger partial charge on any atom is 0.243 e. The van der Waals surface area contributed by atoms with Gasteiger partial charge in [0.15, 0.2) is 0 Å². The van der Waals surface area contributed by atoms with E-state index in [9.17, 15) is 38.4 Å². The Balaban J connectivity index is 2.29. The van der Waals surface area contributed by atoms with Crippen molar-refractivity contribution in [3.63, 3.8) is 0 Å². The van der Waals surface area contributed by atoms with E-state index in [0.717, 1.165) is 0 Å². The Hall–Kier alpha value is -5.49. The van der Waals surface area contributed by atoms with E-state index in [0.29, 0.717) is 23.3 Å². The lowest BCUT2D eigenvalue weighted by Crippen LogP contribution is -2.58. The summed E-state index contributed by atoms with van der Waals surface area (Å²) in [7, 11) is 0. The van der Waals surface area contributed by atoms with Gasteiger partial charge in [0.2, 0.25) is 47.3 Å². The number of hydrogen-bond donors (Lipinski definition) is 9. The first-order valence-electron chi connectivity index (χ1n) is 18.2. The summed E-state index contributed by atoms with van der Waals surface area (Å²) in [5.74, 6) is -5.07. The van der Waals surface area contributed by atoms with Gasteiger partial charge in [-0.15, -0.1) is 0 Å². The average Bonchev–Trinajstić information content (AvgIpc) is 3.16. The van der Waals surface area contributed by atoms with Crippen molar-refractivity contribution in [2.75, 3.05) is 25.1 Å². The molecule has 0 aliphatic heterocycles. The van der Waals surface area contributed by atoms with Gasteiger partial charge in [0.1, 0.15) is 30.2 Å². The first kappa shape index (κ1) is 46.7. The van der Waals surface area contributed by atoms with Crippen molar-refractivity contribution in [3.8, 4) is 0 Å². The molecule has 0 fully saturated rings. The molecule has 0 aromatic heterocycles. The molecule has 0 aliphatic rings. The minimum absolute atomic E-state index is 0.00274. The summed E-state index contributed by atoms with van der Waals surface area (Å²) in [5, 5.41) is 15.5. The van der Waals surface area contributed by atoms with Crippen molar-refractivity contribution in [1.29, 1.82) is 0 Å². The molecule has 8 amide bonds. The highest BCUT2D eigenvalue weighted by atomic mass is 32.2. The molecule has 0 saturated carbocycles. The van der Waals surface area contributed by atoms with Crippen LogP contribution in [-0.2, 0) is 51.2 Å². The molecule has 2 aromatic carbocycles. The minimum atomic E-state index is -1.26. The Morgan fingerprint density at radius 1 is 0.607 bits per heavy atom. The van der Waals surface area contributed by atoms with Crippen LogP contribution < -0.4 is 49.1 Å². The monoisotopic (exact) mass is 797 g/mol. The molecule has 306 valence electrons. The lowest BCUT2D eigenvalue weighted by molar-refractivity contribution is -0.134. The quantitative estimate of drug-likeness (QED) is 0.0562. The van der Waals surface area contributed by atoms with Gasteiger partial charge in [-0.05, 0) is 48.3 Å². The molecule has 2 aromatic rings. The topological polar surface area (TPSA) is 287 Å². The minimum Gasteiger partial charge on any atom is -0.370 e. The number of thioether (sulfide) groups is 1. The first-order valence-corrected chi connectivity index (χ1v) is 19.6. The van der Waals surface area contributed by atoms with Gasteiger partial charge in [0.25, 0.3) is 0 Å². The second-order valence-electron chi connectivity index (χ2n) is 13.5. The van der Waals surface area contributed by atoms with E-state index in [2.05, 4.69) is 31.9 Å². The van der Waals surface area contributed by atoms with Crippen molar-refractivity contribution >= 4 is 59.0 Å². The summed E-state index contributed by atoms with van der Waals surface area (Å²) in [4.78, 5) is 103. The summed E-state index contributed by atoms with van der Waals surface area (Å²) in [6.45, 7) is 2.73. The molecule has 12 N–H and O–H groups in total. The maximum absolute atomic E-state index is 14.0. The highest BCUT2D eigenvalue weighted by Crippen LogP contribution is 2.10. The number of primary amides is 2. The summed E-state index contributed by atoms with van der Waals surface area (Å²) >= 11 is 1.48. The van der Waals surface area contributed by atoms with Crippen LogP contribution in [0.1, 0.15) is 50.7 Å². The van der Waals surface area contributed by atoms with Crippen LogP contribution in [0, 0.1) is 5.92 Å². The third-order valence-electron chi connectivity index (χ3n) is 8.40. The van der Waals surface area contributed by atoms with E-state index in [1.165, 1.54) is 11.8 Å². The van der Waals surface area contributed by atoms with Gasteiger partial charge in [-0.25, -0.2) is 0 Å². The molecule has 0 saturated heterocycles. The van der Waals surface area contributed by atoms with Crippen LogP contribution in [0.5, 0.6) is 0 Å². The summed E-state index contributed by atoms with van der Waals surface area (Å²) in [6, 6.07) is 11.8. The van der Waals surface area contributed by atoms with E-state index in [-0.39, 0.29) is 38.0 Å². The molecule has 0 aliphatic carbocycles. The number of nitrogens with one attached hydrogen (secondary N) is 6. The lowest BCUT2D eigenvalue weighted by Gasteiger charge is -2.26. The fourth-order valence-electron chi connectivity index (χ4n) is 5.50. The van der Waals surface area contributed by atoms with Crippen LogP contribution in [0.4, 0.5) is 0 Å². The molecule has 18 heteroatoms. The molecule has 0 radical (unpaired) electrons. The lowest BCUT2D eigenvalue weighted by atomic mass is 10.0. The Labute approximate surface area is 331 Å². The highest BCUT2D eigenvalue weighted by Gasteiger charge is 2.31. The van der Waals surface area contributed by atoms with Gasteiger partial charge < -0.3 is 49.1 Å². The number of hydrogen-bond acceptors (Lipinski definition) is 10. The zero-order chi connectivity index (χ0) is 41.6. The SMILES string of the molecule is CSCC[C@H](NC(=O)[C@H](CC(C)C)NC(=O)CNC(=O)[C@H](Cc1ccccc1)NC(=O)[C@H](Cc1ccccc1)NC(=O)[C@H](CCC(N)=O)NC(=O)CN)C(N)=O. The average molecular weight is 798 g/mol. The molecule has 5 atom stereocenters. The third-order valence-corrected chi connectivity index (χ3v) is 9.04. The van der Waals surface area contributed by atoms with Gasteiger partial charge >= 0.3 is 0 Å². The van der Waals surface area contributed by atoms with E-state index >= 15 is 0 Å². The Morgan fingerprint density at radius 3 is 1.57 bits per heavy atom. The number of amides is 8. The van der Waals surface area contributed by atoms with Crippen molar-refractivity contribution in [1.82, 2.24) is 31.9 Å². The number of rotatable bonds is 25. The smallest absolute Gasteiger partial charge is 0.243 e. The predicted molar refractivity (Wildman–Crippen MR) is 212 cm³/mol. The molecule has 17 nitrogen and oxygen atoms in total. The van der Waals surface area contributed by atoms with Gasteiger partial charge in [0, 0.05) is 19.3 Å². The maximum atomic E-state index is 14.0. The van der Waals surface area contributed by atoms with Crippen molar-refractivity contribution < 1.29 is 38.4 Å². The first-order chi connectivity index (χ1) is 26.6. The third kappa shape index (κ3) is 17.8. The number of carbonyl (C=O) groups is 8. The Kier molecular flexibility index (Phi) is 20.7. The fourth-order valence-corrected chi connectivity index (χ4v) is 5.98. The van der Waals surface area contributed by atoms with Crippen LogP contribution >= 0.6 is 11.8 Å². The van der Waals surface area contributed by atoms with E-state index in [4.69, 9.17) is 17.2 Å². The summed E-state index contributed by atoms with van der Waals surface area (Å²) in [5.41, 5.74) is 17.5. The second kappa shape index (κ2) is 24.8. The normalized spacial score (nSPS) is 13.5. The number of benzene rings is 2. The van der Waals surface area contributed by atoms with Crippen molar-refractivity contribution in [2.24, 2.45) is 23.1 Å². The van der Waals surface area contributed by atoms with Gasteiger partial charge in [-0.2, -0.15) is 11.8 Å². The Morgan fingerprint density at radius 2 is 1.09 bits per heavy atom. The molecule has 0 bridgehead atoms. The Bertz CT molecular complexity index is 1630.